The zero-order valence-electron chi connectivity index (χ0n) is 18.8. The van der Waals surface area contributed by atoms with Crippen LogP contribution in [0.1, 0.15) is 32.7 Å². The van der Waals surface area contributed by atoms with Crippen LogP contribution in [0.3, 0.4) is 0 Å². The lowest BCUT2D eigenvalue weighted by molar-refractivity contribution is 0.0342. The van der Waals surface area contributed by atoms with Crippen molar-refractivity contribution in [2.45, 2.75) is 26.9 Å². The number of benzene rings is 2. The number of hydrogen-bond donors (Lipinski definition) is 3. The Balaban J connectivity index is 1.49. The largest absolute Gasteiger partial charge is 0.501 e. The second-order valence-corrected chi connectivity index (χ2v) is 8.25. The molecule has 1 aromatic heterocycles. The number of morpholine rings is 1. The van der Waals surface area contributed by atoms with Gasteiger partial charge in [0.25, 0.3) is 11.8 Å². The van der Waals surface area contributed by atoms with Gasteiger partial charge in [-0.2, -0.15) is 4.98 Å². The zero-order chi connectivity index (χ0) is 23.4. The molecule has 1 saturated heterocycles. The van der Waals surface area contributed by atoms with E-state index in [4.69, 9.17) is 4.74 Å². The van der Waals surface area contributed by atoms with Crippen LogP contribution in [-0.2, 0) is 17.8 Å². The molecule has 1 aliphatic rings. The van der Waals surface area contributed by atoms with Crippen molar-refractivity contribution in [1.82, 2.24) is 20.2 Å². The maximum atomic E-state index is 12.7. The van der Waals surface area contributed by atoms with Crippen molar-refractivity contribution < 1.29 is 19.7 Å². The van der Waals surface area contributed by atoms with Crippen LogP contribution >= 0.6 is 0 Å². The number of rotatable bonds is 6. The van der Waals surface area contributed by atoms with Crippen molar-refractivity contribution in [3.63, 3.8) is 0 Å². The van der Waals surface area contributed by atoms with E-state index in [0.29, 0.717) is 5.56 Å². The van der Waals surface area contributed by atoms with Gasteiger partial charge in [-0.05, 0) is 36.1 Å². The number of nitrogens with zero attached hydrogens (tertiary/aromatic N) is 3. The second-order valence-electron chi connectivity index (χ2n) is 8.25. The monoisotopic (exact) mass is 448 g/mol. The van der Waals surface area contributed by atoms with Crippen LogP contribution in [0.2, 0.25) is 0 Å². The summed E-state index contributed by atoms with van der Waals surface area (Å²) in [6.07, 6.45) is 0. The third kappa shape index (κ3) is 5.47. The number of aromatic nitrogens is 2. The van der Waals surface area contributed by atoms with Gasteiger partial charge >= 0.3 is 0 Å². The summed E-state index contributed by atoms with van der Waals surface area (Å²) in [4.78, 5) is 23.2. The molecule has 0 unspecified atom stereocenters. The number of nitrogens with one attached hydrogen (secondary N) is 1. The Kier molecular flexibility index (Phi) is 6.86. The molecule has 0 radical (unpaired) electrons. The van der Waals surface area contributed by atoms with Crippen LogP contribution in [0.5, 0.6) is 11.6 Å². The van der Waals surface area contributed by atoms with Crippen molar-refractivity contribution >= 4 is 5.91 Å². The molecule has 8 nitrogen and oxygen atoms in total. The lowest BCUT2D eigenvalue weighted by atomic mass is 10.1. The van der Waals surface area contributed by atoms with Crippen LogP contribution in [0.25, 0.3) is 11.4 Å². The van der Waals surface area contributed by atoms with E-state index in [-0.39, 0.29) is 18.1 Å². The average Bonchev–Trinajstić information content (AvgIpc) is 2.82. The van der Waals surface area contributed by atoms with E-state index in [0.717, 1.165) is 49.5 Å². The molecule has 8 heteroatoms. The van der Waals surface area contributed by atoms with E-state index in [1.54, 1.807) is 0 Å². The molecule has 0 spiro atoms. The van der Waals surface area contributed by atoms with Gasteiger partial charge in [-0.3, -0.25) is 9.69 Å². The molecular formula is C25H28N4O4. The minimum atomic E-state index is -0.639. The van der Waals surface area contributed by atoms with E-state index in [1.807, 2.05) is 56.3 Å². The fraction of sp³-hybridized carbons (Fsp3) is 0.320. The lowest BCUT2D eigenvalue weighted by Crippen LogP contribution is -2.35. The molecule has 0 saturated carbocycles. The van der Waals surface area contributed by atoms with Crippen molar-refractivity contribution in [1.29, 1.82) is 0 Å². The summed E-state index contributed by atoms with van der Waals surface area (Å²) >= 11 is 0. The van der Waals surface area contributed by atoms with Crippen molar-refractivity contribution in [2.75, 3.05) is 26.3 Å². The number of aromatic hydroxyl groups is 2. The second kappa shape index (κ2) is 9.97. The van der Waals surface area contributed by atoms with Gasteiger partial charge in [-0.15, -0.1) is 0 Å². The van der Waals surface area contributed by atoms with Crippen LogP contribution < -0.4 is 5.32 Å². The molecule has 0 bridgehead atoms. The highest BCUT2D eigenvalue weighted by atomic mass is 16.5. The molecule has 2 heterocycles. The van der Waals surface area contributed by atoms with Gasteiger partial charge in [0.15, 0.2) is 11.5 Å². The number of ether oxygens (including phenoxy) is 1. The Morgan fingerprint density at radius 3 is 2.39 bits per heavy atom. The fourth-order valence-corrected chi connectivity index (χ4v) is 3.69. The summed E-state index contributed by atoms with van der Waals surface area (Å²) in [5.74, 6) is -1.69. The Hall–Kier alpha value is -3.49. The molecule has 4 rings (SSSR count). The summed E-state index contributed by atoms with van der Waals surface area (Å²) in [7, 11) is 0. The third-order valence-electron chi connectivity index (χ3n) is 5.83. The van der Waals surface area contributed by atoms with Gasteiger partial charge in [0, 0.05) is 31.7 Å². The number of aryl methyl sites for hydroxylation is 2. The van der Waals surface area contributed by atoms with E-state index in [2.05, 4.69) is 20.2 Å². The summed E-state index contributed by atoms with van der Waals surface area (Å²) in [6, 6.07) is 13.6. The molecule has 172 valence electrons. The predicted molar refractivity (Wildman–Crippen MR) is 124 cm³/mol. The highest BCUT2D eigenvalue weighted by molar-refractivity contribution is 5.95. The molecule has 1 fully saturated rings. The van der Waals surface area contributed by atoms with E-state index in [9.17, 15) is 15.0 Å². The van der Waals surface area contributed by atoms with E-state index in [1.165, 1.54) is 5.56 Å². The Bertz CT molecular complexity index is 1140. The van der Waals surface area contributed by atoms with Crippen LogP contribution in [0.4, 0.5) is 0 Å². The number of amides is 1. The Morgan fingerprint density at radius 2 is 1.70 bits per heavy atom. The first kappa shape index (κ1) is 22.7. The third-order valence-corrected chi connectivity index (χ3v) is 5.83. The first-order valence-electron chi connectivity index (χ1n) is 10.9. The number of carbonyl (C=O) groups is 1. The van der Waals surface area contributed by atoms with Crippen molar-refractivity contribution in [3.05, 3.63) is 70.4 Å². The summed E-state index contributed by atoms with van der Waals surface area (Å²) in [6.45, 7) is 8.41. The number of hydrogen-bond acceptors (Lipinski definition) is 7. The van der Waals surface area contributed by atoms with Gasteiger partial charge in [0.2, 0.25) is 5.75 Å². The quantitative estimate of drug-likeness (QED) is 0.532. The van der Waals surface area contributed by atoms with E-state index >= 15 is 0 Å². The maximum Gasteiger partial charge on any atom is 0.274 e. The minimum Gasteiger partial charge on any atom is -0.501 e. The van der Waals surface area contributed by atoms with Gasteiger partial charge in [0.05, 0.1) is 13.2 Å². The molecule has 33 heavy (non-hydrogen) atoms. The van der Waals surface area contributed by atoms with Crippen LogP contribution in [0, 0.1) is 13.8 Å². The van der Waals surface area contributed by atoms with Gasteiger partial charge < -0.3 is 20.3 Å². The molecule has 3 aromatic rings. The SMILES string of the molecule is Cc1ccc(CNC(=O)c2nc(-c3ccc(CN4CCOCC4)cc3)nc(O)c2O)cc1C. The average molecular weight is 449 g/mol. The predicted octanol–water partition coefficient (Wildman–Crippen LogP) is 2.93. The fourth-order valence-electron chi connectivity index (χ4n) is 3.69. The molecule has 1 aliphatic heterocycles. The minimum absolute atomic E-state index is 0.166. The smallest absolute Gasteiger partial charge is 0.274 e. The first-order valence-corrected chi connectivity index (χ1v) is 10.9. The maximum absolute atomic E-state index is 12.7. The van der Waals surface area contributed by atoms with Crippen LogP contribution in [0.15, 0.2) is 42.5 Å². The van der Waals surface area contributed by atoms with Crippen LogP contribution in [-0.4, -0.2) is 57.3 Å². The van der Waals surface area contributed by atoms with E-state index < -0.39 is 17.5 Å². The molecule has 3 N–H and O–H groups in total. The topological polar surface area (TPSA) is 108 Å². The van der Waals surface area contributed by atoms with Gasteiger partial charge in [-0.25, -0.2) is 4.98 Å². The first-order chi connectivity index (χ1) is 15.9. The standard InChI is InChI=1S/C25H28N4O4/c1-16-3-4-19(13-17(16)2)14-26-24(31)21-22(30)25(32)28-23(27-21)20-7-5-18(6-8-20)15-29-9-11-33-12-10-29/h3-8,13,30H,9-12,14-15H2,1-2H3,(H,26,31)(H,27,28,32). The number of carbonyl (C=O) groups excluding carboxylic acids is 1. The molecule has 2 aromatic carbocycles. The molecule has 0 aliphatic carbocycles. The summed E-state index contributed by atoms with van der Waals surface area (Å²) in [5.41, 5.74) is 4.74. The highest BCUT2D eigenvalue weighted by Crippen LogP contribution is 2.29. The Morgan fingerprint density at radius 1 is 1.00 bits per heavy atom. The van der Waals surface area contributed by atoms with Gasteiger partial charge in [-0.1, -0.05) is 42.5 Å². The molecular weight excluding hydrogens is 420 g/mol. The van der Waals surface area contributed by atoms with Crippen molar-refractivity contribution in [2.24, 2.45) is 0 Å². The zero-order valence-corrected chi connectivity index (χ0v) is 18.8. The summed E-state index contributed by atoms with van der Waals surface area (Å²) < 4.78 is 5.38. The molecule has 1 amide bonds. The van der Waals surface area contributed by atoms with Gasteiger partial charge in [0.1, 0.15) is 0 Å². The highest BCUT2D eigenvalue weighted by Gasteiger charge is 2.20. The normalized spacial score (nSPS) is 14.2. The van der Waals surface area contributed by atoms with Crippen molar-refractivity contribution in [3.8, 4) is 23.0 Å². The molecule has 0 atom stereocenters. The lowest BCUT2D eigenvalue weighted by Gasteiger charge is -2.26. The Labute approximate surface area is 192 Å². The summed E-state index contributed by atoms with van der Waals surface area (Å²) in [5, 5.41) is 23.1.